The molecular weight excluding hydrogens is 254 g/mol. The smallest absolute Gasteiger partial charge is 0.235 e. The Bertz CT molecular complexity index is 723. The zero-order valence-corrected chi connectivity index (χ0v) is 11.2. The number of aliphatic hydroxyl groups excluding tert-OH is 1. The molecule has 102 valence electrons. The first-order valence-electron chi connectivity index (χ1n) is 6.40. The molecule has 1 N–H and O–H groups in total. The molecule has 0 amide bonds. The first-order valence-corrected chi connectivity index (χ1v) is 6.40. The third kappa shape index (κ3) is 2.35. The predicted octanol–water partition coefficient (Wildman–Crippen LogP) is 2.11. The maximum Gasteiger partial charge on any atom is 0.235 e. The molecule has 5 nitrogen and oxygen atoms in total. The quantitative estimate of drug-likeness (QED) is 0.788. The van der Waals surface area contributed by atoms with E-state index in [-0.39, 0.29) is 6.61 Å². The predicted molar refractivity (Wildman–Crippen MR) is 74.4 cm³/mol. The van der Waals surface area contributed by atoms with Gasteiger partial charge in [-0.3, -0.25) is 0 Å². The largest absolute Gasteiger partial charge is 0.472 e. The number of aliphatic hydroxyl groups is 1. The molecule has 0 aliphatic carbocycles. The fraction of sp³-hybridized carbons (Fsp3) is 0.200. The molecule has 20 heavy (non-hydrogen) atoms. The van der Waals surface area contributed by atoms with Crippen LogP contribution in [0.15, 0.2) is 42.6 Å². The second-order valence-electron chi connectivity index (χ2n) is 4.55. The average Bonchev–Trinajstić information content (AvgIpc) is 2.91. The minimum Gasteiger partial charge on any atom is -0.472 e. The highest BCUT2D eigenvalue weighted by molar-refractivity contribution is 5.44. The first kappa shape index (κ1) is 12.6. The molecule has 5 heteroatoms. The topological polar surface area (TPSA) is 59.7 Å². The number of benzene rings is 1. The summed E-state index contributed by atoms with van der Waals surface area (Å²) in [5.41, 5.74) is 3.43. The summed E-state index contributed by atoms with van der Waals surface area (Å²) in [5, 5.41) is 13.6. The van der Waals surface area contributed by atoms with Gasteiger partial charge >= 0.3 is 0 Å². The van der Waals surface area contributed by atoms with E-state index in [0.29, 0.717) is 18.1 Å². The number of fused-ring (bicyclic) bond motifs is 1. The zero-order valence-electron chi connectivity index (χ0n) is 11.2. The van der Waals surface area contributed by atoms with Crippen molar-refractivity contribution in [3.8, 4) is 5.88 Å². The Morgan fingerprint density at radius 3 is 2.80 bits per heavy atom. The number of hydrogen-bond donors (Lipinski definition) is 1. The van der Waals surface area contributed by atoms with Crippen molar-refractivity contribution < 1.29 is 9.84 Å². The highest BCUT2D eigenvalue weighted by atomic mass is 16.5. The highest BCUT2D eigenvalue weighted by Crippen LogP contribution is 2.16. The van der Waals surface area contributed by atoms with Gasteiger partial charge in [-0.2, -0.15) is 0 Å². The lowest BCUT2D eigenvalue weighted by atomic mass is 10.2. The van der Waals surface area contributed by atoms with E-state index in [4.69, 9.17) is 4.74 Å². The second-order valence-corrected chi connectivity index (χ2v) is 4.55. The van der Waals surface area contributed by atoms with E-state index in [1.54, 1.807) is 16.8 Å². The number of rotatable bonds is 4. The van der Waals surface area contributed by atoms with Gasteiger partial charge in [-0.15, -0.1) is 5.10 Å². The minimum absolute atomic E-state index is 0.0468. The molecule has 0 unspecified atom stereocenters. The third-order valence-corrected chi connectivity index (χ3v) is 3.20. The van der Waals surface area contributed by atoms with Crippen molar-refractivity contribution in [2.24, 2.45) is 0 Å². The number of aromatic nitrogens is 3. The molecule has 0 atom stereocenters. The Hall–Kier alpha value is -2.40. The van der Waals surface area contributed by atoms with Gasteiger partial charge in [0.05, 0.1) is 6.61 Å². The van der Waals surface area contributed by atoms with Crippen LogP contribution in [0.5, 0.6) is 5.88 Å². The van der Waals surface area contributed by atoms with Gasteiger partial charge in [-0.25, -0.2) is 9.50 Å². The summed E-state index contributed by atoms with van der Waals surface area (Å²) in [4.78, 5) is 4.25. The molecule has 1 aromatic carbocycles. The monoisotopic (exact) mass is 269 g/mol. The summed E-state index contributed by atoms with van der Waals surface area (Å²) in [6.45, 7) is 2.32. The van der Waals surface area contributed by atoms with Crippen LogP contribution in [-0.4, -0.2) is 19.7 Å². The molecule has 3 aromatic rings. The maximum absolute atomic E-state index is 9.22. The maximum atomic E-state index is 9.22. The normalized spacial score (nSPS) is 10.9. The van der Waals surface area contributed by atoms with E-state index >= 15 is 0 Å². The number of ether oxygens (including phenoxy) is 1. The Balaban J connectivity index is 1.84. The number of hydrogen-bond acceptors (Lipinski definition) is 4. The van der Waals surface area contributed by atoms with Crippen molar-refractivity contribution in [1.29, 1.82) is 0 Å². The van der Waals surface area contributed by atoms with Crippen LogP contribution in [0.25, 0.3) is 5.65 Å². The Kier molecular flexibility index (Phi) is 3.35. The van der Waals surface area contributed by atoms with E-state index in [0.717, 1.165) is 16.8 Å². The van der Waals surface area contributed by atoms with E-state index in [9.17, 15) is 5.11 Å². The van der Waals surface area contributed by atoms with Crippen LogP contribution in [-0.2, 0) is 13.2 Å². The zero-order chi connectivity index (χ0) is 13.9. The summed E-state index contributed by atoms with van der Waals surface area (Å²) in [6, 6.07) is 11.7. The summed E-state index contributed by atoms with van der Waals surface area (Å²) < 4.78 is 7.36. The fourth-order valence-corrected chi connectivity index (χ4v) is 2.02. The van der Waals surface area contributed by atoms with Crippen molar-refractivity contribution in [2.45, 2.75) is 20.1 Å². The first-order chi connectivity index (χ1) is 9.78. The SMILES string of the molecule is Cc1c(CO)cnc2cc(OCc3ccccc3)nn12. The summed E-state index contributed by atoms with van der Waals surface area (Å²) in [5.74, 6) is 0.527. The summed E-state index contributed by atoms with van der Waals surface area (Å²) in [6.07, 6.45) is 1.66. The molecule has 0 aliphatic rings. The second kappa shape index (κ2) is 5.30. The van der Waals surface area contributed by atoms with E-state index in [1.807, 2.05) is 37.3 Å². The van der Waals surface area contributed by atoms with Gasteiger partial charge in [0.15, 0.2) is 5.65 Å². The third-order valence-electron chi connectivity index (χ3n) is 3.20. The van der Waals surface area contributed by atoms with Gasteiger partial charge in [0.1, 0.15) is 6.61 Å². The van der Waals surface area contributed by atoms with Gasteiger partial charge in [-0.05, 0) is 12.5 Å². The van der Waals surface area contributed by atoms with E-state index in [2.05, 4.69) is 10.1 Å². The molecule has 0 aliphatic heterocycles. The van der Waals surface area contributed by atoms with Crippen molar-refractivity contribution in [3.05, 3.63) is 59.4 Å². The van der Waals surface area contributed by atoms with Gasteiger partial charge in [0.2, 0.25) is 5.88 Å². The molecule has 0 radical (unpaired) electrons. The molecule has 2 aromatic heterocycles. The van der Waals surface area contributed by atoms with Crippen molar-refractivity contribution in [1.82, 2.24) is 14.6 Å². The molecule has 0 bridgehead atoms. The van der Waals surface area contributed by atoms with E-state index < -0.39 is 0 Å². The number of aryl methyl sites for hydroxylation is 1. The summed E-state index contributed by atoms with van der Waals surface area (Å²) >= 11 is 0. The van der Waals surface area contributed by atoms with Gasteiger partial charge in [0, 0.05) is 23.5 Å². The molecule has 0 spiro atoms. The standard InChI is InChI=1S/C15H15N3O2/c1-11-13(9-19)8-16-14-7-15(17-18(11)14)20-10-12-5-3-2-4-6-12/h2-8,19H,9-10H2,1H3. The Labute approximate surface area is 116 Å². The van der Waals surface area contributed by atoms with Crippen LogP contribution in [0.2, 0.25) is 0 Å². The van der Waals surface area contributed by atoms with Crippen LogP contribution in [0.4, 0.5) is 0 Å². The van der Waals surface area contributed by atoms with Crippen LogP contribution >= 0.6 is 0 Å². The van der Waals surface area contributed by atoms with Gasteiger partial charge < -0.3 is 9.84 Å². The Morgan fingerprint density at radius 1 is 1.25 bits per heavy atom. The lowest BCUT2D eigenvalue weighted by Crippen LogP contribution is -2.01. The molecule has 0 saturated carbocycles. The number of nitrogens with zero attached hydrogens (tertiary/aromatic N) is 3. The highest BCUT2D eigenvalue weighted by Gasteiger charge is 2.08. The van der Waals surface area contributed by atoms with Crippen LogP contribution < -0.4 is 4.74 Å². The Morgan fingerprint density at radius 2 is 2.05 bits per heavy atom. The molecule has 2 heterocycles. The average molecular weight is 269 g/mol. The lowest BCUT2D eigenvalue weighted by molar-refractivity contribution is 0.279. The van der Waals surface area contributed by atoms with Crippen LogP contribution in [0.3, 0.4) is 0 Å². The molecular formula is C15H15N3O2. The van der Waals surface area contributed by atoms with Crippen molar-refractivity contribution in [3.63, 3.8) is 0 Å². The van der Waals surface area contributed by atoms with Crippen LogP contribution in [0.1, 0.15) is 16.8 Å². The molecule has 0 fully saturated rings. The molecule has 0 saturated heterocycles. The van der Waals surface area contributed by atoms with Crippen LogP contribution in [0, 0.1) is 6.92 Å². The van der Waals surface area contributed by atoms with Gasteiger partial charge in [0.25, 0.3) is 0 Å². The van der Waals surface area contributed by atoms with E-state index in [1.165, 1.54) is 0 Å². The van der Waals surface area contributed by atoms with Crippen molar-refractivity contribution in [2.75, 3.05) is 0 Å². The lowest BCUT2D eigenvalue weighted by Gasteiger charge is -2.03. The molecule has 3 rings (SSSR count). The van der Waals surface area contributed by atoms with Gasteiger partial charge in [-0.1, -0.05) is 30.3 Å². The fourth-order valence-electron chi connectivity index (χ4n) is 2.02. The summed E-state index contributed by atoms with van der Waals surface area (Å²) in [7, 11) is 0. The van der Waals surface area contributed by atoms with Crippen molar-refractivity contribution >= 4 is 5.65 Å². The minimum atomic E-state index is -0.0468.